The Kier molecular flexibility index (Phi) is 5.78. The van der Waals surface area contributed by atoms with Gasteiger partial charge in [-0.05, 0) is 32.2 Å². The standard InChI is InChI=1S/C11H15F3N2O3S/c1-7(15-2)6-16-20(17,18)8-3-4-10(9(12)5-8)19-11(13)14/h3-5,7,11,15-16H,6H2,1-2H3. The zero-order valence-electron chi connectivity index (χ0n) is 10.9. The molecule has 1 aromatic carbocycles. The van der Waals surface area contributed by atoms with Gasteiger partial charge in [-0.1, -0.05) is 0 Å². The lowest BCUT2D eigenvalue weighted by Crippen LogP contribution is -2.37. The average molecular weight is 312 g/mol. The van der Waals surface area contributed by atoms with Crippen LogP contribution in [0.5, 0.6) is 5.75 Å². The van der Waals surface area contributed by atoms with E-state index in [4.69, 9.17) is 0 Å². The van der Waals surface area contributed by atoms with Crippen LogP contribution in [0.15, 0.2) is 23.1 Å². The Morgan fingerprint density at radius 1 is 1.35 bits per heavy atom. The summed E-state index contributed by atoms with van der Waals surface area (Å²) in [4.78, 5) is -0.361. The molecule has 0 heterocycles. The van der Waals surface area contributed by atoms with Crippen molar-refractivity contribution in [3.05, 3.63) is 24.0 Å². The second-order valence-corrected chi connectivity index (χ2v) is 5.78. The Bertz CT molecular complexity index is 552. The summed E-state index contributed by atoms with van der Waals surface area (Å²) in [6, 6.07) is 2.35. The predicted molar refractivity (Wildman–Crippen MR) is 66.7 cm³/mol. The van der Waals surface area contributed by atoms with Crippen molar-refractivity contribution in [2.45, 2.75) is 24.5 Å². The highest BCUT2D eigenvalue weighted by molar-refractivity contribution is 7.89. The Morgan fingerprint density at radius 3 is 2.50 bits per heavy atom. The molecule has 0 aliphatic carbocycles. The normalized spacial score (nSPS) is 13.5. The fraction of sp³-hybridized carbons (Fsp3) is 0.455. The van der Waals surface area contributed by atoms with E-state index in [0.29, 0.717) is 6.07 Å². The first kappa shape index (κ1) is 16.7. The van der Waals surface area contributed by atoms with E-state index in [1.807, 2.05) is 0 Å². The van der Waals surface area contributed by atoms with Crippen LogP contribution in [0.2, 0.25) is 0 Å². The van der Waals surface area contributed by atoms with Gasteiger partial charge in [0.25, 0.3) is 0 Å². The quantitative estimate of drug-likeness (QED) is 0.797. The Labute approximate surface area is 115 Å². The molecule has 114 valence electrons. The van der Waals surface area contributed by atoms with Crippen LogP contribution in [-0.2, 0) is 10.0 Å². The Hall–Kier alpha value is -1.32. The maximum Gasteiger partial charge on any atom is 0.387 e. The minimum atomic E-state index is -3.91. The maximum absolute atomic E-state index is 13.4. The molecule has 0 saturated heterocycles. The molecule has 9 heteroatoms. The average Bonchev–Trinajstić information content (AvgIpc) is 2.37. The smallest absolute Gasteiger partial charge is 0.387 e. The van der Waals surface area contributed by atoms with E-state index in [2.05, 4.69) is 14.8 Å². The lowest BCUT2D eigenvalue weighted by atomic mass is 10.3. The van der Waals surface area contributed by atoms with Crippen molar-refractivity contribution in [2.75, 3.05) is 13.6 Å². The molecule has 0 radical (unpaired) electrons. The number of halogens is 3. The van der Waals surface area contributed by atoms with E-state index in [1.165, 1.54) is 0 Å². The van der Waals surface area contributed by atoms with Crippen LogP contribution in [0.4, 0.5) is 13.2 Å². The number of sulfonamides is 1. The zero-order valence-corrected chi connectivity index (χ0v) is 11.7. The number of rotatable bonds is 7. The van der Waals surface area contributed by atoms with Gasteiger partial charge in [-0.3, -0.25) is 0 Å². The second-order valence-electron chi connectivity index (χ2n) is 4.01. The van der Waals surface area contributed by atoms with Crippen molar-refractivity contribution in [1.29, 1.82) is 0 Å². The van der Waals surface area contributed by atoms with E-state index in [1.54, 1.807) is 14.0 Å². The fourth-order valence-corrected chi connectivity index (χ4v) is 2.40. The highest BCUT2D eigenvalue weighted by Crippen LogP contribution is 2.22. The molecule has 1 unspecified atom stereocenters. The number of likely N-dealkylation sites (N-methyl/N-ethyl adjacent to an activating group) is 1. The molecule has 20 heavy (non-hydrogen) atoms. The van der Waals surface area contributed by atoms with E-state index in [0.717, 1.165) is 12.1 Å². The van der Waals surface area contributed by atoms with E-state index >= 15 is 0 Å². The first-order valence-corrected chi connectivity index (χ1v) is 7.16. The molecule has 1 atom stereocenters. The molecule has 0 spiro atoms. The monoisotopic (exact) mass is 312 g/mol. The lowest BCUT2D eigenvalue weighted by Gasteiger charge is -2.12. The number of benzene rings is 1. The Balaban J connectivity index is 2.88. The predicted octanol–water partition coefficient (Wildman–Crippen LogP) is 1.31. The van der Waals surface area contributed by atoms with Gasteiger partial charge in [0, 0.05) is 12.6 Å². The van der Waals surface area contributed by atoms with Crippen LogP contribution in [-0.4, -0.2) is 34.7 Å². The van der Waals surface area contributed by atoms with Crippen LogP contribution in [0.1, 0.15) is 6.92 Å². The third-order valence-electron chi connectivity index (χ3n) is 2.50. The molecule has 0 bridgehead atoms. The van der Waals surface area contributed by atoms with Crippen molar-refractivity contribution in [2.24, 2.45) is 0 Å². The highest BCUT2D eigenvalue weighted by atomic mass is 32.2. The van der Waals surface area contributed by atoms with Crippen molar-refractivity contribution >= 4 is 10.0 Å². The SMILES string of the molecule is CNC(C)CNS(=O)(=O)c1ccc(OC(F)F)c(F)c1. The van der Waals surface area contributed by atoms with Crippen molar-refractivity contribution in [3.63, 3.8) is 0 Å². The van der Waals surface area contributed by atoms with Crippen LogP contribution in [0, 0.1) is 5.82 Å². The number of hydrogen-bond acceptors (Lipinski definition) is 4. The third-order valence-corrected chi connectivity index (χ3v) is 3.92. The van der Waals surface area contributed by atoms with E-state index in [-0.39, 0.29) is 17.5 Å². The summed E-state index contributed by atoms with van der Waals surface area (Å²) in [5, 5.41) is 2.83. The largest absolute Gasteiger partial charge is 0.432 e. The van der Waals surface area contributed by atoms with Crippen LogP contribution >= 0.6 is 0 Å². The number of alkyl halides is 2. The lowest BCUT2D eigenvalue weighted by molar-refractivity contribution is -0.0522. The van der Waals surface area contributed by atoms with Crippen molar-refractivity contribution < 1.29 is 26.3 Å². The molecule has 2 N–H and O–H groups in total. The van der Waals surface area contributed by atoms with Gasteiger partial charge < -0.3 is 10.1 Å². The molecular weight excluding hydrogens is 297 g/mol. The molecule has 5 nitrogen and oxygen atoms in total. The third kappa shape index (κ3) is 4.66. The van der Waals surface area contributed by atoms with Gasteiger partial charge in [0.1, 0.15) is 0 Å². The summed E-state index contributed by atoms with van der Waals surface area (Å²) >= 11 is 0. The van der Waals surface area contributed by atoms with Crippen LogP contribution < -0.4 is 14.8 Å². The van der Waals surface area contributed by atoms with Gasteiger partial charge >= 0.3 is 6.61 Å². The summed E-state index contributed by atoms with van der Waals surface area (Å²) in [5.41, 5.74) is 0. The minimum absolute atomic E-state index is 0.107. The van der Waals surface area contributed by atoms with Crippen LogP contribution in [0.3, 0.4) is 0 Å². The van der Waals surface area contributed by atoms with Gasteiger partial charge in [0.2, 0.25) is 10.0 Å². The summed E-state index contributed by atoms with van der Waals surface area (Å²) in [7, 11) is -2.24. The molecule has 1 rings (SSSR count). The van der Waals surface area contributed by atoms with Gasteiger partial charge in [0.05, 0.1) is 4.90 Å². The van der Waals surface area contributed by atoms with Crippen LogP contribution in [0.25, 0.3) is 0 Å². The summed E-state index contributed by atoms with van der Waals surface area (Å²) < 4.78 is 67.2. The first-order valence-electron chi connectivity index (χ1n) is 5.67. The van der Waals surface area contributed by atoms with Gasteiger partial charge in [-0.2, -0.15) is 8.78 Å². The molecule has 0 aliphatic heterocycles. The molecule has 0 fully saturated rings. The zero-order chi connectivity index (χ0) is 15.3. The summed E-state index contributed by atoms with van der Waals surface area (Å²) in [6.07, 6.45) is 0. The van der Waals surface area contributed by atoms with Gasteiger partial charge in [-0.25, -0.2) is 17.5 Å². The number of hydrogen-bond donors (Lipinski definition) is 2. The molecule has 0 aliphatic rings. The first-order chi connectivity index (χ1) is 9.26. The second kappa shape index (κ2) is 6.91. The molecular formula is C11H15F3N2O3S. The van der Waals surface area contributed by atoms with Gasteiger partial charge in [0.15, 0.2) is 11.6 Å². The van der Waals surface area contributed by atoms with Crippen molar-refractivity contribution in [3.8, 4) is 5.75 Å². The molecule has 0 aromatic heterocycles. The van der Waals surface area contributed by atoms with Gasteiger partial charge in [-0.15, -0.1) is 0 Å². The van der Waals surface area contributed by atoms with E-state index in [9.17, 15) is 21.6 Å². The Morgan fingerprint density at radius 2 is 2.00 bits per heavy atom. The molecule has 0 saturated carbocycles. The van der Waals surface area contributed by atoms with Crippen molar-refractivity contribution in [1.82, 2.24) is 10.0 Å². The summed E-state index contributed by atoms with van der Waals surface area (Å²) in [5.74, 6) is -1.88. The maximum atomic E-state index is 13.4. The number of ether oxygens (including phenoxy) is 1. The summed E-state index contributed by atoms with van der Waals surface area (Å²) in [6.45, 7) is -1.32. The topological polar surface area (TPSA) is 67.4 Å². The number of nitrogens with one attached hydrogen (secondary N) is 2. The van der Waals surface area contributed by atoms with E-state index < -0.39 is 28.2 Å². The molecule has 0 amide bonds. The fourth-order valence-electron chi connectivity index (χ4n) is 1.26. The highest BCUT2D eigenvalue weighted by Gasteiger charge is 2.18. The minimum Gasteiger partial charge on any atom is -0.432 e. The molecule has 1 aromatic rings.